The van der Waals surface area contributed by atoms with Gasteiger partial charge in [-0.15, -0.1) is 0 Å². The highest BCUT2D eigenvalue weighted by Crippen LogP contribution is 2.34. The van der Waals surface area contributed by atoms with Crippen LogP contribution in [0.1, 0.15) is 49.0 Å². The van der Waals surface area contributed by atoms with E-state index in [9.17, 15) is 0 Å². The first-order valence-electron chi connectivity index (χ1n) is 7.74. The summed E-state index contributed by atoms with van der Waals surface area (Å²) in [6.45, 7) is 4.54. The average molecular weight is 300 g/mol. The third kappa shape index (κ3) is 3.14. The average Bonchev–Trinajstić information content (AvgIpc) is 2.89. The summed E-state index contributed by atoms with van der Waals surface area (Å²) in [6, 6.07) is 17.9. The summed E-state index contributed by atoms with van der Waals surface area (Å²) in [7, 11) is 0. The number of halogens is 1. The smallest absolute Gasteiger partial charge is 0.0406 e. The Kier molecular flexibility index (Phi) is 4.32. The first kappa shape index (κ1) is 14.6. The molecule has 21 heavy (non-hydrogen) atoms. The van der Waals surface area contributed by atoms with Crippen molar-refractivity contribution in [3.8, 4) is 0 Å². The number of benzene rings is 2. The van der Waals surface area contributed by atoms with Gasteiger partial charge in [-0.3, -0.25) is 0 Å². The van der Waals surface area contributed by atoms with Gasteiger partial charge in [0.25, 0.3) is 0 Å². The molecule has 110 valence electrons. The van der Waals surface area contributed by atoms with Gasteiger partial charge in [-0.25, -0.2) is 0 Å². The molecule has 1 N–H and O–H groups in total. The van der Waals surface area contributed by atoms with Gasteiger partial charge in [0.15, 0.2) is 0 Å². The maximum absolute atomic E-state index is 6.01. The lowest BCUT2D eigenvalue weighted by Crippen LogP contribution is -2.28. The SMILES string of the molecule is CC(C)C(NC1CCc2ccccc21)c1ccc(Cl)cc1. The topological polar surface area (TPSA) is 12.0 Å². The van der Waals surface area contributed by atoms with Gasteiger partial charge in [0.1, 0.15) is 0 Å². The van der Waals surface area contributed by atoms with Gasteiger partial charge in [-0.2, -0.15) is 0 Å². The second-order valence-corrected chi connectivity index (χ2v) is 6.67. The molecule has 0 aliphatic heterocycles. The van der Waals surface area contributed by atoms with Gasteiger partial charge in [0.2, 0.25) is 0 Å². The Balaban J connectivity index is 1.82. The van der Waals surface area contributed by atoms with Crippen molar-refractivity contribution in [1.29, 1.82) is 0 Å². The maximum atomic E-state index is 6.01. The third-order valence-corrected chi connectivity index (χ3v) is 4.66. The molecule has 2 aromatic carbocycles. The Bertz CT molecular complexity index is 603. The van der Waals surface area contributed by atoms with Crippen LogP contribution in [0.25, 0.3) is 0 Å². The Morgan fingerprint density at radius 2 is 1.76 bits per heavy atom. The molecule has 0 spiro atoms. The highest BCUT2D eigenvalue weighted by atomic mass is 35.5. The molecule has 1 aliphatic rings. The van der Waals surface area contributed by atoms with Gasteiger partial charge in [0.05, 0.1) is 0 Å². The zero-order valence-electron chi connectivity index (χ0n) is 12.6. The molecular formula is C19H22ClN. The summed E-state index contributed by atoms with van der Waals surface area (Å²) >= 11 is 6.01. The molecule has 0 saturated carbocycles. The van der Waals surface area contributed by atoms with Gasteiger partial charge < -0.3 is 5.32 Å². The molecule has 0 aromatic heterocycles. The number of hydrogen-bond donors (Lipinski definition) is 1. The van der Waals surface area contributed by atoms with Crippen LogP contribution in [0.5, 0.6) is 0 Å². The van der Waals surface area contributed by atoms with E-state index in [4.69, 9.17) is 11.6 Å². The van der Waals surface area contributed by atoms with E-state index in [0.29, 0.717) is 18.0 Å². The minimum Gasteiger partial charge on any atom is -0.303 e. The Morgan fingerprint density at radius 3 is 2.48 bits per heavy atom. The fourth-order valence-corrected chi connectivity index (χ4v) is 3.42. The van der Waals surface area contributed by atoms with Crippen LogP contribution in [0.4, 0.5) is 0 Å². The second-order valence-electron chi connectivity index (χ2n) is 6.23. The molecular weight excluding hydrogens is 278 g/mol. The molecule has 1 nitrogen and oxygen atoms in total. The van der Waals surface area contributed by atoms with Crippen molar-refractivity contribution < 1.29 is 0 Å². The summed E-state index contributed by atoms with van der Waals surface area (Å²) in [6.07, 6.45) is 2.37. The molecule has 0 bridgehead atoms. The quantitative estimate of drug-likeness (QED) is 0.806. The van der Waals surface area contributed by atoms with Crippen molar-refractivity contribution in [2.24, 2.45) is 5.92 Å². The summed E-state index contributed by atoms with van der Waals surface area (Å²) in [5, 5.41) is 4.66. The zero-order chi connectivity index (χ0) is 14.8. The lowest BCUT2D eigenvalue weighted by Gasteiger charge is -2.27. The molecule has 0 amide bonds. The maximum Gasteiger partial charge on any atom is 0.0406 e. The van der Waals surface area contributed by atoms with E-state index in [1.807, 2.05) is 12.1 Å². The monoisotopic (exact) mass is 299 g/mol. The summed E-state index contributed by atoms with van der Waals surface area (Å²) in [4.78, 5) is 0. The van der Waals surface area contributed by atoms with Gasteiger partial charge in [0, 0.05) is 17.1 Å². The normalized spacial score (nSPS) is 18.8. The number of hydrogen-bond acceptors (Lipinski definition) is 1. The van der Waals surface area contributed by atoms with Crippen LogP contribution in [-0.4, -0.2) is 0 Å². The van der Waals surface area contributed by atoms with Crippen LogP contribution in [0.2, 0.25) is 5.02 Å². The largest absolute Gasteiger partial charge is 0.303 e. The van der Waals surface area contributed by atoms with Crippen molar-refractivity contribution in [2.75, 3.05) is 0 Å². The first-order chi connectivity index (χ1) is 10.1. The van der Waals surface area contributed by atoms with E-state index < -0.39 is 0 Å². The highest BCUT2D eigenvalue weighted by molar-refractivity contribution is 6.30. The standard InChI is InChI=1S/C19H22ClN/c1-13(2)19(15-7-10-16(20)11-8-15)21-18-12-9-14-5-3-4-6-17(14)18/h3-8,10-11,13,18-19,21H,9,12H2,1-2H3. The number of nitrogens with one attached hydrogen (secondary N) is 1. The molecule has 2 unspecified atom stereocenters. The van der Waals surface area contributed by atoms with Crippen LogP contribution < -0.4 is 5.32 Å². The Morgan fingerprint density at radius 1 is 1.05 bits per heavy atom. The molecule has 1 aliphatic carbocycles. The van der Waals surface area contributed by atoms with Crippen LogP contribution in [0.3, 0.4) is 0 Å². The second kappa shape index (κ2) is 6.21. The van der Waals surface area contributed by atoms with Gasteiger partial charge in [-0.05, 0) is 47.6 Å². The van der Waals surface area contributed by atoms with E-state index in [1.165, 1.54) is 29.5 Å². The molecule has 3 rings (SSSR count). The lowest BCUT2D eigenvalue weighted by molar-refractivity contribution is 0.361. The minimum atomic E-state index is 0.360. The van der Waals surface area contributed by atoms with Crippen LogP contribution in [-0.2, 0) is 6.42 Å². The van der Waals surface area contributed by atoms with E-state index in [0.717, 1.165) is 5.02 Å². The minimum absolute atomic E-state index is 0.360. The molecule has 0 fully saturated rings. The van der Waals surface area contributed by atoms with E-state index >= 15 is 0 Å². The molecule has 0 saturated heterocycles. The van der Waals surface area contributed by atoms with Crippen LogP contribution in [0, 0.1) is 5.92 Å². The van der Waals surface area contributed by atoms with Crippen molar-refractivity contribution >= 4 is 11.6 Å². The Hall–Kier alpha value is -1.31. The number of fused-ring (bicyclic) bond motifs is 1. The summed E-state index contributed by atoms with van der Waals surface area (Å²) in [5.74, 6) is 0.541. The molecule has 2 aromatic rings. The van der Waals surface area contributed by atoms with Crippen molar-refractivity contribution in [2.45, 2.75) is 38.8 Å². The fourth-order valence-electron chi connectivity index (χ4n) is 3.29. The number of rotatable bonds is 4. The molecule has 2 heteroatoms. The predicted molar refractivity (Wildman–Crippen MR) is 89.7 cm³/mol. The zero-order valence-corrected chi connectivity index (χ0v) is 13.4. The van der Waals surface area contributed by atoms with Crippen molar-refractivity contribution in [3.05, 3.63) is 70.2 Å². The van der Waals surface area contributed by atoms with Crippen LogP contribution in [0.15, 0.2) is 48.5 Å². The molecule has 0 heterocycles. The van der Waals surface area contributed by atoms with E-state index in [2.05, 4.69) is 55.6 Å². The van der Waals surface area contributed by atoms with Gasteiger partial charge in [-0.1, -0.05) is 61.8 Å². The lowest BCUT2D eigenvalue weighted by atomic mass is 9.94. The van der Waals surface area contributed by atoms with Gasteiger partial charge >= 0.3 is 0 Å². The fraction of sp³-hybridized carbons (Fsp3) is 0.368. The Labute approximate surface area is 132 Å². The first-order valence-corrected chi connectivity index (χ1v) is 8.12. The summed E-state index contributed by atoms with van der Waals surface area (Å²) < 4.78 is 0. The summed E-state index contributed by atoms with van der Waals surface area (Å²) in [5.41, 5.74) is 4.28. The predicted octanol–water partition coefficient (Wildman–Crippen LogP) is 5.31. The van der Waals surface area contributed by atoms with Crippen molar-refractivity contribution in [1.82, 2.24) is 5.32 Å². The van der Waals surface area contributed by atoms with Crippen molar-refractivity contribution in [3.63, 3.8) is 0 Å². The van der Waals surface area contributed by atoms with E-state index in [-0.39, 0.29) is 0 Å². The highest BCUT2D eigenvalue weighted by Gasteiger charge is 2.26. The molecule has 2 atom stereocenters. The number of aryl methyl sites for hydroxylation is 1. The van der Waals surface area contributed by atoms with Crippen LogP contribution >= 0.6 is 11.6 Å². The van der Waals surface area contributed by atoms with E-state index in [1.54, 1.807) is 0 Å². The molecule has 0 radical (unpaired) electrons. The third-order valence-electron chi connectivity index (χ3n) is 4.41.